The van der Waals surface area contributed by atoms with Crippen LogP contribution in [0, 0.1) is 6.92 Å². The summed E-state index contributed by atoms with van der Waals surface area (Å²) in [7, 11) is 0. The Morgan fingerprint density at radius 1 is 1.38 bits per heavy atom. The second-order valence-electron chi connectivity index (χ2n) is 4.08. The highest BCUT2D eigenvalue weighted by Crippen LogP contribution is 2.18. The first kappa shape index (κ1) is 10.7. The molecule has 2 amide bonds. The molecular formula is C13H16N2O. The van der Waals surface area contributed by atoms with Gasteiger partial charge in [0.2, 0.25) is 0 Å². The standard InChI is InChI=1S/C13H16N2O/c1-10-4-2-3-5-11(10)8-9-14-13(16)15-12-6-7-12/h2-5,8-9,12H,6-7H2,1H3,(H2,14,15,16)/b9-8+. The number of amides is 2. The smallest absolute Gasteiger partial charge is 0.318 e. The lowest BCUT2D eigenvalue weighted by atomic mass is 10.1. The molecule has 0 aromatic heterocycles. The van der Waals surface area contributed by atoms with Crippen molar-refractivity contribution in [2.24, 2.45) is 0 Å². The minimum Gasteiger partial charge on any atom is -0.335 e. The van der Waals surface area contributed by atoms with Crippen LogP contribution in [-0.2, 0) is 0 Å². The van der Waals surface area contributed by atoms with Crippen LogP contribution in [0.3, 0.4) is 0 Å². The van der Waals surface area contributed by atoms with E-state index in [1.807, 2.05) is 37.3 Å². The highest BCUT2D eigenvalue weighted by molar-refractivity contribution is 5.76. The number of nitrogens with one attached hydrogen (secondary N) is 2. The number of rotatable bonds is 3. The molecule has 16 heavy (non-hydrogen) atoms. The van der Waals surface area contributed by atoms with Crippen molar-refractivity contribution in [3.05, 3.63) is 41.6 Å². The Morgan fingerprint density at radius 3 is 2.81 bits per heavy atom. The Labute approximate surface area is 95.6 Å². The van der Waals surface area contributed by atoms with Crippen LogP contribution in [0.15, 0.2) is 30.5 Å². The van der Waals surface area contributed by atoms with Gasteiger partial charge in [-0.25, -0.2) is 4.79 Å². The van der Waals surface area contributed by atoms with Gasteiger partial charge in [-0.3, -0.25) is 0 Å². The van der Waals surface area contributed by atoms with Crippen molar-refractivity contribution in [2.75, 3.05) is 0 Å². The lowest BCUT2D eigenvalue weighted by Crippen LogP contribution is -2.33. The maximum Gasteiger partial charge on any atom is 0.318 e. The summed E-state index contributed by atoms with van der Waals surface area (Å²) in [6.45, 7) is 2.05. The molecule has 1 saturated carbocycles. The molecule has 1 aromatic carbocycles. The third-order valence-corrected chi connectivity index (χ3v) is 2.58. The van der Waals surface area contributed by atoms with Crippen molar-refractivity contribution in [3.8, 4) is 0 Å². The molecule has 3 nitrogen and oxygen atoms in total. The maximum atomic E-state index is 11.3. The quantitative estimate of drug-likeness (QED) is 0.800. The van der Waals surface area contributed by atoms with Crippen LogP contribution >= 0.6 is 0 Å². The summed E-state index contributed by atoms with van der Waals surface area (Å²) < 4.78 is 0. The highest BCUT2D eigenvalue weighted by atomic mass is 16.2. The van der Waals surface area contributed by atoms with Gasteiger partial charge in [0.15, 0.2) is 0 Å². The lowest BCUT2D eigenvalue weighted by Gasteiger charge is -2.02. The summed E-state index contributed by atoms with van der Waals surface area (Å²) in [5.41, 5.74) is 2.32. The molecule has 0 bridgehead atoms. The fourth-order valence-electron chi connectivity index (χ4n) is 1.44. The summed E-state index contributed by atoms with van der Waals surface area (Å²) in [6, 6.07) is 8.33. The molecule has 1 aromatic rings. The van der Waals surface area contributed by atoms with Crippen LogP contribution in [-0.4, -0.2) is 12.1 Å². The van der Waals surface area contributed by atoms with E-state index in [4.69, 9.17) is 0 Å². The Kier molecular flexibility index (Phi) is 3.25. The zero-order chi connectivity index (χ0) is 11.4. The summed E-state index contributed by atoms with van der Waals surface area (Å²) in [5.74, 6) is 0. The van der Waals surface area contributed by atoms with Crippen LogP contribution in [0.25, 0.3) is 6.08 Å². The fourth-order valence-corrected chi connectivity index (χ4v) is 1.44. The van der Waals surface area contributed by atoms with Crippen molar-refractivity contribution >= 4 is 12.1 Å². The van der Waals surface area contributed by atoms with Gasteiger partial charge in [0, 0.05) is 12.2 Å². The second-order valence-corrected chi connectivity index (χ2v) is 4.08. The molecule has 0 unspecified atom stereocenters. The number of carbonyl (C=O) groups is 1. The topological polar surface area (TPSA) is 41.1 Å². The SMILES string of the molecule is Cc1ccccc1/C=C/NC(=O)NC1CC1. The third kappa shape index (κ3) is 3.12. The van der Waals surface area contributed by atoms with E-state index in [9.17, 15) is 4.79 Å². The van der Waals surface area contributed by atoms with Crippen LogP contribution in [0.5, 0.6) is 0 Å². The number of aryl methyl sites for hydroxylation is 1. The van der Waals surface area contributed by atoms with Gasteiger partial charge < -0.3 is 10.6 Å². The van der Waals surface area contributed by atoms with E-state index in [1.165, 1.54) is 5.56 Å². The largest absolute Gasteiger partial charge is 0.335 e. The number of hydrogen-bond donors (Lipinski definition) is 2. The molecule has 1 aliphatic carbocycles. The molecule has 84 valence electrons. The first-order valence-electron chi connectivity index (χ1n) is 5.55. The first-order valence-corrected chi connectivity index (χ1v) is 5.55. The second kappa shape index (κ2) is 4.84. The zero-order valence-electron chi connectivity index (χ0n) is 9.36. The summed E-state index contributed by atoms with van der Waals surface area (Å²) in [5, 5.41) is 5.55. The Bertz CT molecular complexity index is 408. The van der Waals surface area contributed by atoms with Gasteiger partial charge in [0.25, 0.3) is 0 Å². The monoisotopic (exact) mass is 216 g/mol. The number of carbonyl (C=O) groups excluding carboxylic acids is 1. The Balaban J connectivity index is 1.84. The molecular weight excluding hydrogens is 200 g/mol. The lowest BCUT2D eigenvalue weighted by molar-refractivity contribution is 0.244. The van der Waals surface area contributed by atoms with E-state index >= 15 is 0 Å². The van der Waals surface area contributed by atoms with E-state index in [-0.39, 0.29) is 6.03 Å². The van der Waals surface area contributed by atoms with Crippen LogP contribution < -0.4 is 10.6 Å². The van der Waals surface area contributed by atoms with Gasteiger partial charge in [-0.05, 0) is 37.0 Å². The van der Waals surface area contributed by atoms with Crippen LogP contribution in [0.2, 0.25) is 0 Å². The average molecular weight is 216 g/mol. The average Bonchev–Trinajstić information content (AvgIpc) is 3.05. The molecule has 0 saturated heterocycles. The van der Waals surface area contributed by atoms with Gasteiger partial charge in [-0.1, -0.05) is 24.3 Å². The molecule has 0 spiro atoms. The Hall–Kier alpha value is -1.77. The van der Waals surface area contributed by atoms with Crippen molar-refractivity contribution in [1.82, 2.24) is 10.6 Å². The van der Waals surface area contributed by atoms with E-state index in [1.54, 1.807) is 6.20 Å². The molecule has 0 aliphatic heterocycles. The van der Waals surface area contributed by atoms with Crippen LogP contribution in [0.4, 0.5) is 4.79 Å². The number of benzene rings is 1. The summed E-state index contributed by atoms with van der Waals surface area (Å²) in [4.78, 5) is 11.3. The van der Waals surface area contributed by atoms with E-state index in [2.05, 4.69) is 10.6 Å². The van der Waals surface area contributed by atoms with E-state index < -0.39 is 0 Å². The van der Waals surface area contributed by atoms with E-state index in [0.717, 1.165) is 18.4 Å². The molecule has 0 atom stereocenters. The van der Waals surface area contributed by atoms with E-state index in [0.29, 0.717) is 6.04 Å². The van der Waals surface area contributed by atoms with Crippen LogP contribution in [0.1, 0.15) is 24.0 Å². The van der Waals surface area contributed by atoms with Crippen molar-refractivity contribution in [3.63, 3.8) is 0 Å². The van der Waals surface area contributed by atoms with Gasteiger partial charge >= 0.3 is 6.03 Å². The maximum absolute atomic E-state index is 11.3. The van der Waals surface area contributed by atoms with Gasteiger partial charge in [0.1, 0.15) is 0 Å². The molecule has 1 fully saturated rings. The van der Waals surface area contributed by atoms with Gasteiger partial charge in [-0.2, -0.15) is 0 Å². The van der Waals surface area contributed by atoms with Gasteiger partial charge in [-0.15, -0.1) is 0 Å². The van der Waals surface area contributed by atoms with Crippen molar-refractivity contribution in [1.29, 1.82) is 0 Å². The summed E-state index contributed by atoms with van der Waals surface area (Å²) >= 11 is 0. The first-order chi connectivity index (χ1) is 7.75. The van der Waals surface area contributed by atoms with Gasteiger partial charge in [0.05, 0.1) is 0 Å². The fraction of sp³-hybridized carbons (Fsp3) is 0.308. The molecule has 0 radical (unpaired) electrons. The molecule has 2 rings (SSSR count). The number of urea groups is 1. The summed E-state index contributed by atoms with van der Waals surface area (Å²) in [6.07, 6.45) is 5.80. The predicted octanol–water partition coefficient (Wildman–Crippen LogP) is 2.43. The number of hydrogen-bond acceptors (Lipinski definition) is 1. The minimum atomic E-state index is -0.118. The third-order valence-electron chi connectivity index (χ3n) is 2.58. The molecule has 0 heterocycles. The van der Waals surface area contributed by atoms with Crippen molar-refractivity contribution < 1.29 is 4.79 Å². The Morgan fingerprint density at radius 2 is 2.12 bits per heavy atom. The molecule has 3 heteroatoms. The highest BCUT2D eigenvalue weighted by Gasteiger charge is 2.22. The minimum absolute atomic E-state index is 0.118. The normalized spacial score (nSPS) is 15.1. The molecule has 1 aliphatic rings. The van der Waals surface area contributed by atoms with Crippen molar-refractivity contribution in [2.45, 2.75) is 25.8 Å². The molecule has 2 N–H and O–H groups in total. The predicted molar refractivity (Wildman–Crippen MR) is 64.9 cm³/mol. The zero-order valence-corrected chi connectivity index (χ0v) is 9.36.